The zero-order chi connectivity index (χ0) is 13.8. The maximum atomic E-state index is 4.55. The number of halogens is 1. The van der Waals surface area contributed by atoms with Crippen LogP contribution in [0, 0.1) is 5.92 Å². The van der Waals surface area contributed by atoms with E-state index >= 15 is 0 Å². The van der Waals surface area contributed by atoms with Gasteiger partial charge in [-0.3, -0.25) is 4.68 Å². The lowest BCUT2D eigenvalue weighted by Crippen LogP contribution is -2.34. The highest BCUT2D eigenvalue weighted by molar-refractivity contribution is 9.10. The topological polar surface area (TPSA) is 29.9 Å². The Balaban J connectivity index is 1.92. The molecule has 0 aromatic carbocycles. The number of hydrogen-bond donors (Lipinski definition) is 1. The summed E-state index contributed by atoms with van der Waals surface area (Å²) in [5.41, 5.74) is 2.42. The molecule has 0 aliphatic heterocycles. The van der Waals surface area contributed by atoms with Crippen LogP contribution < -0.4 is 5.32 Å². The monoisotopic (exact) mass is 327 g/mol. The van der Waals surface area contributed by atoms with Crippen molar-refractivity contribution in [2.24, 2.45) is 13.0 Å². The Morgan fingerprint density at radius 1 is 1.37 bits per heavy atom. The van der Waals surface area contributed by atoms with Gasteiger partial charge in [-0.2, -0.15) is 5.10 Å². The van der Waals surface area contributed by atoms with Gasteiger partial charge in [0.25, 0.3) is 0 Å². The molecule has 0 bridgehead atoms. The molecule has 108 valence electrons. The van der Waals surface area contributed by atoms with Gasteiger partial charge in [0, 0.05) is 19.6 Å². The zero-order valence-corrected chi connectivity index (χ0v) is 14.0. The number of aryl methyl sites for hydroxylation is 2. The molecule has 1 fully saturated rings. The van der Waals surface area contributed by atoms with Crippen molar-refractivity contribution in [1.29, 1.82) is 0 Å². The molecular weight excluding hydrogens is 302 g/mol. The van der Waals surface area contributed by atoms with E-state index in [2.05, 4.69) is 40.2 Å². The van der Waals surface area contributed by atoms with Gasteiger partial charge in [0.15, 0.2) is 0 Å². The molecule has 19 heavy (non-hydrogen) atoms. The van der Waals surface area contributed by atoms with Crippen LogP contribution in [0.2, 0.25) is 0 Å². The molecule has 1 saturated carbocycles. The average Bonchev–Trinajstić information content (AvgIpc) is 2.72. The predicted octanol–water partition coefficient (Wildman–Crippen LogP) is 3.80. The predicted molar refractivity (Wildman–Crippen MR) is 83.2 cm³/mol. The summed E-state index contributed by atoms with van der Waals surface area (Å²) in [5, 5.41) is 8.25. The third-order valence-electron chi connectivity index (χ3n) is 4.45. The molecule has 1 atom stereocenters. The van der Waals surface area contributed by atoms with Gasteiger partial charge in [0.1, 0.15) is 0 Å². The highest BCUT2D eigenvalue weighted by Crippen LogP contribution is 2.27. The van der Waals surface area contributed by atoms with Crippen molar-refractivity contribution in [3.8, 4) is 0 Å². The minimum Gasteiger partial charge on any atom is -0.308 e. The highest BCUT2D eigenvalue weighted by Gasteiger charge is 2.20. The summed E-state index contributed by atoms with van der Waals surface area (Å²) in [6, 6.07) is 0.604. The second kappa shape index (κ2) is 6.89. The molecule has 1 aliphatic carbocycles. The summed E-state index contributed by atoms with van der Waals surface area (Å²) >= 11 is 3.69. The Hall–Kier alpha value is -0.350. The Morgan fingerprint density at radius 2 is 2.05 bits per heavy atom. The van der Waals surface area contributed by atoms with E-state index in [-0.39, 0.29) is 0 Å². The summed E-state index contributed by atoms with van der Waals surface area (Å²) in [7, 11) is 2.03. The molecule has 1 aliphatic rings. The van der Waals surface area contributed by atoms with E-state index in [9.17, 15) is 0 Å². The Bertz CT molecular complexity index is 408. The summed E-state index contributed by atoms with van der Waals surface area (Å²) in [6.45, 7) is 5.39. The summed E-state index contributed by atoms with van der Waals surface area (Å²) in [5.74, 6) is 0.853. The van der Waals surface area contributed by atoms with E-state index in [1.807, 2.05) is 11.7 Å². The fraction of sp³-hybridized carbons (Fsp3) is 0.800. The molecular formula is C15H26BrN3. The minimum absolute atomic E-state index is 0.604. The molecule has 0 spiro atoms. The van der Waals surface area contributed by atoms with E-state index in [1.165, 1.54) is 42.3 Å². The smallest absolute Gasteiger partial charge is 0.0767 e. The molecule has 3 nitrogen and oxygen atoms in total. The van der Waals surface area contributed by atoms with Crippen LogP contribution in [-0.4, -0.2) is 15.8 Å². The Labute approximate surface area is 125 Å². The molecule has 4 heteroatoms. The quantitative estimate of drug-likeness (QED) is 0.891. The molecule has 1 heterocycles. The molecule has 0 amide bonds. The summed E-state index contributed by atoms with van der Waals surface area (Å²) in [6.07, 6.45) is 8.00. The molecule has 1 N–H and O–H groups in total. The lowest BCUT2D eigenvalue weighted by molar-refractivity contribution is 0.279. The number of aromatic nitrogens is 2. The van der Waals surface area contributed by atoms with Crippen molar-refractivity contribution in [1.82, 2.24) is 15.1 Å². The first kappa shape index (κ1) is 15.0. The standard InChI is InChI=1S/C15H26BrN3/c1-4-13-15(16)14(19(3)18-13)10-17-11(2)12-8-6-5-7-9-12/h11-12,17H,4-10H2,1-3H3/t11-/m0/s1. The maximum absolute atomic E-state index is 4.55. The van der Waals surface area contributed by atoms with Crippen molar-refractivity contribution >= 4 is 15.9 Å². The van der Waals surface area contributed by atoms with E-state index in [0.29, 0.717) is 6.04 Å². The second-order valence-electron chi connectivity index (χ2n) is 5.75. The Morgan fingerprint density at radius 3 is 2.63 bits per heavy atom. The van der Waals surface area contributed by atoms with Crippen molar-refractivity contribution in [3.05, 3.63) is 15.9 Å². The third kappa shape index (κ3) is 3.60. The van der Waals surface area contributed by atoms with Crippen molar-refractivity contribution in [2.45, 2.75) is 65.0 Å². The first-order valence-electron chi connectivity index (χ1n) is 7.57. The van der Waals surface area contributed by atoms with Crippen LogP contribution in [0.3, 0.4) is 0 Å². The van der Waals surface area contributed by atoms with Crippen LogP contribution in [0.4, 0.5) is 0 Å². The van der Waals surface area contributed by atoms with Gasteiger partial charge in [-0.15, -0.1) is 0 Å². The first-order chi connectivity index (χ1) is 9.13. The Kier molecular flexibility index (Phi) is 5.46. The normalized spacial score (nSPS) is 18.7. The number of hydrogen-bond acceptors (Lipinski definition) is 2. The molecule has 0 unspecified atom stereocenters. The lowest BCUT2D eigenvalue weighted by atomic mass is 9.84. The largest absolute Gasteiger partial charge is 0.308 e. The summed E-state index contributed by atoms with van der Waals surface area (Å²) < 4.78 is 3.18. The van der Waals surface area contributed by atoms with Crippen LogP contribution >= 0.6 is 15.9 Å². The van der Waals surface area contributed by atoms with Crippen molar-refractivity contribution < 1.29 is 0 Å². The number of nitrogens with zero attached hydrogens (tertiary/aromatic N) is 2. The number of nitrogens with one attached hydrogen (secondary N) is 1. The van der Waals surface area contributed by atoms with Crippen LogP contribution in [0.5, 0.6) is 0 Å². The van der Waals surface area contributed by atoms with Gasteiger partial charge < -0.3 is 5.32 Å². The van der Waals surface area contributed by atoms with E-state index in [0.717, 1.165) is 24.6 Å². The molecule has 0 saturated heterocycles. The highest BCUT2D eigenvalue weighted by atomic mass is 79.9. The van der Waals surface area contributed by atoms with E-state index < -0.39 is 0 Å². The zero-order valence-electron chi connectivity index (χ0n) is 12.4. The van der Waals surface area contributed by atoms with Gasteiger partial charge in [0.2, 0.25) is 0 Å². The van der Waals surface area contributed by atoms with Crippen LogP contribution in [0.15, 0.2) is 4.47 Å². The molecule has 1 aromatic rings. The van der Waals surface area contributed by atoms with Crippen molar-refractivity contribution in [2.75, 3.05) is 0 Å². The van der Waals surface area contributed by atoms with Gasteiger partial charge in [0.05, 0.1) is 15.9 Å². The van der Waals surface area contributed by atoms with Gasteiger partial charge in [-0.25, -0.2) is 0 Å². The fourth-order valence-corrected chi connectivity index (χ4v) is 3.83. The average molecular weight is 328 g/mol. The van der Waals surface area contributed by atoms with Gasteiger partial charge in [-0.1, -0.05) is 26.2 Å². The van der Waals surface area contributed by atoms with Crippen molar-refractivity contribution in [3.63, 3.8) is 0 Å². The van der Waals surface area contributed by atoms with Crippen LogP contribution in [0.1, 0.15) is 57.3 Å². The number of rotatable bonds is 5. The maximum Gasteiger partial charge on any atom is 0.0767 e. The third-order valence-corrected chi connectivity index (χ3v) is 5.37. The van der Waals surface area contributed by atoms with E-state index in [4.69, 9.17) is 0 Å². The molecule has 2 rings (SSSR count). The minimum atomic E-state index is 0.604. The molecule has 1 aromatic heterocycles. The fourth-order valence-electron chi connectivity index (χ4n) is 3.07. The summed E-state index contributed by atoms with van der Waals surface area (Å²) in [4.78, 5) is 0. The van der Waals surface area contributed by atoms with E-state index in [1.54, 1.807) is 0 Å². The van der Waals surface area contributed by atoms with Crippen LogP contribution in [0.25, 0.3) is 0 Å². The van der Waals surface area contributed by atoms with Gasteiger partial charge in [-0.05, 0) is 48.0 Å². The molecule has 0 radical (unpaired) electrons. The SMILES string of the molecule is CCc1nn(C)c(CN[C@@H](C)C2CCCCC2)c1Br. The first-order valence-corrected chi connectivity index (χ1v) is 8.36. The van der Waals surface area contributed by atoms with Gasteiger partial charge >= 0.3 is 0 Å². The van der Waals surface area contributed by atoms with Crippen LogP contribution in [-0.2, 0) is 20.0 Å². The second-order valence-corrected chi connectivity index (χ2v) is 6.55. The lowest BCUT2D eigenvalue weighted by Gasteiger charge is -2.28.